The lowest BCUT2D eigenvalue weighted by molar-refractivity contribution is -0.384. The first kappa shape index (κ1) is 30.9. The summed E-state index contributed by atoms with van der Waals surface area (Å²) in [6.07, 6.45) is 3.33. The Balaban J connectivity index is 1.40. The summed E-state index contributed by atoms with van der Waals surface area (Å²) in [6.45, 7) is 10.8. The number of nitrogens with one attached hydrogen (secondary N) is 1. The molecule has 0 amide bonds. The van der Waals surface area contributed by atoms with E-state index in [0.29, 0.717) is 19.4 Å². The predicted molar refractivity (Wildman–Crippen MR) is 158 cm³/mol. The number of carbonyl (C=O) groups excluding carboxylic acids is 1. The van der Waals surface area contributed by atoms with Crippen molar-refractivity contribution in [2.45, 2.75) is 90.0 Å². The summed E-state index contributed by atoms with van der Waals surface area (Å²) < 4.78 is 18.7. The fraction of sp³-hybridized carbons (Fsp3) is 0.500. The van der Waals surface area contributed by atoms with Crippen molar-refractivity contribution < 1.29 is 23.9 Å². The van der Waals surface area contributed by atoms with Crippen LogP contribution in [0.15, 0.2) is 48.7 Å². The quantitative estimate of drug-likeness (QED) is 0.113. The number of rotatable bonds is 11. The van der Waals surface area contributed by atoms with Crippen molar-refractivity contribution in [2.75, 3.05) is 11.9 Å². The molecule has 1 aliphatic rings. The van der Waals surface area contributed by atoms with Crippen LogP contribution < -0.4 is 15.8 Å². The number of hydrogen-bond donors (Lipinski definition) is 2. The standard InChI is InChI=1S/C30H40N6O6/c1-19(31)13-15-40-20(2)26-17-22(12-14-32-26)33-28-18-27(34-35(28)30(3,4)5)21-6-9-25(16-21)42-29(37)41-24-10-7-23(8-11-24)36(38)39/h7-8,10-12,14,17-21,25H,6,9,13,15-16,31H2,1-5H3,(H,32,33)/t19-,20+,21-,25+/m0/s1. The van der Waals surface area contributed by atoms with Crippen LogP contribution in [0.25, 0.3) is 0 Å². The van der Waals surface area contributed by atoms with E-state index in [1.54, 1.807) is 6.20 Å². The second kappa shape index (κ2) is 13.3. The number of benzene rings is 1. The summed E-state index contributed by atoms with van der Waals surface area (Å²) >= 11 is 0. The number of nitro benzene ring substituents is 1. The smallest absolute Gasteiger partial charge is 0.431 e. The summed E-state index contributed by atoms with van der Waals surface area (Å²) in [5, 5.41) is 19.3. The van der Waals surface area contributed by atoms with Gasteiger partial charge in [-0.3, -0.25) is 15.1 Å². The Morgan fingerprint density at radius 1 is 1.19 bits per heavy atom. The van der Waals surface area contributed by atoms with Gasteiger partial charge in [0.15, 0.2) is 0 Å². The molecular weight excluding hydrogens is 540 g/mol. The minimum Gasteiger partial charge on any atom is -0.431 e. The van der Waals surface area contributed by atoms with Gasteiger partial charge in [-0.2, -0.15) is 5.10 Å². The molecule has 3 N–H and O–H groups in total. The van der Waals surface area contributed by atoms with Crippen LogP contribution >= 0.6 is 0 Å². The maximum absolute atomic E-state index is 12.4. The van der Waals surface area contributed by atoms with Crippen LogP contribution in [0.5, 0.6) is 5.75 Å². The first-order valence-electron chi connectivity index (χ1n) is 14.2. The highest BCUT2D eigenvalue weighted by atomic mass is 16.7. The zero-order valence-corrected chi connectivity index (χ0v) is 24.8. The molecule has 0 radical (unpaired) electrons. The second-order valence-electron chi connectivity index (χ2n) is 11.8. The van der Waals surface area contributed by atoms with Crippen molar-refractivity contribution in [3.63, 3.8) is 0 Å². The van der Waals surface area contributed by atoms with Gasteiger partial charge in [0.25, 0.3) is 5.69 Å². The van der Waals surface area contributed by atoms with Crippen LogP contribution in [-0.4, -0.2) is 44.6 Å². The van der Waals surface area contributed by atoms with Crippen molar-refractivity contribution in [3.05, 3.63) is 70.2 Å². The number of aromatic nitrogens is 3. The minimum atomic E-state index is -0.832. The maximum atomic E-state index is 12.4. The molecule has 0 unspecified atom stereocenters. The van der Waals surface area contributed by atoms with Crippen LogP contribution in [-0.2, 0) is 15.0 Å². The van der Waals surface area contributed by atoms with E-state index in [1.807, 2.05) is 30.7 Å². The molecule has 1 aromatic carbocycles. The van der Waals surface area contributed by atoms with E-state index < -0.39 is 11.1 Å². The van der Waals surface area contributed by atoms with E-state index in [0.717, 1.165) is 35.7 Å². The molecule has 12 heteroatoms. The molecule has 4 atom stereocenters. The number of hydrogen-bond acceptors (Lipinski definition) is 10. The van der Waals surface area contributed by atoms with E-state index in [1.165, 1.54) is 24.3 Å². The predicted octanol–water partition coefficient (Wildman–Crippen LogP) is 6.35. The van der Waals surface area contributed by atoms with Crippen molar-refractivity contribution in [1.82, 2.24) is 14.8 Å². The van der Waals surface area contributed by atoms with Gasteiger partial charge in [-0.05, 0) is 84.6 Å². The number of ether oxygens (including phenoxy) is 3. The molecule has 226 valence electrons. The topological polar surface area (TPSA) is 157 Å². The highest BCUT2D eigenvalue weighted by Gasteiger charge is 2.32. The van der Waals surface area contributed by atoms with E-state index in [9.17, 15) is 14.9 Å². The lowest BCUT2D eigenvalue weighted by Crippen LogP contribution is -2.25. The molecular formula is C30H40N6O6. The molecule has 42 heavy (non-hydrogen) atoms. The molecule has 2 heterocycles. The minimum absolute atomic E-state index is 0.0844. The number of carbonyl (C=O) groups is 1. The second-order valence-corrected chi connectivity index (χ2v) is 11.8. The molecule has 1 aliphatic carbocycles. The Kier molecular flexibility index (Phi) is 9.79. The molecule has 1 fully saturated rings. The number of anilines is 2. The molecule has 0 aliphatic heterocycles. The Morgan fingerprint density at radius 2 is 1.93 bits per heavy atom. The number of nitro groups is 1. The monoisotopic (exact) mass is 580 g/mol. The molecule has 1 saturated carbocycles. The molecule has 0 saturated heterocycles. The van der Waals surface area contributed by atoms with E-state index in [-0.39, 0.29) is 41.1 Å². The van der Waals surface area contributed by atoms with Crippen molar-refractivity contribution in [2.24, 2.45) is 5.73 Å². The summed E-state index contributed by atoms with van der Waals surface area (Å²) in [5.74, 6) is 1.14. The van der Waals surface area contributed by atoms with Gasteiger partial charge in [0.2, 0.25) is 0 Å². The molecule has 2 aromatic heterocycles. The maximum Gasteiger partial charge on any atom is 0.514 e. The van der Waals surface area contributed by atoms with Crippen LogP contribution in [0.2, 0.25) is 0 Å². The summed E-state index contributed by atoms with van der Waals surface area (Å²) in [5.41, 5.74) is 8.09. The fourth-order valence-electron chi connectivity index (χ4n) is 4.82. The number of nitrogens with zero attached hydrogens (tertiary/aromatic N) is 4. The normalized spacial score (nSPS) is 18.3. The molecule has 0 spiro atoms. The zero-order valence-electron chi connectivity index (χ0n) is 24.8. The average Bonchev–Trinajstić information content (AvgIpc) is 3.56. The molecule has 0 bridgehead atoms. The molecule has 12 nitrogen and oxygen atoms in total. The van der Waals surface area contributed by atoms with Crippen molar-refractivity contribution in [3.8, 4) is 5.75 Å². The fourth-order valence-corrected chi connectivity index (χ4v) is 4.82. The summed E-state index contributed by atoms with van der Waals surface area (Å²) in [6, 6.07) is 11.3. The first-order chi connectivity index (χ1) is 19.9. The third kappa shape index (κ3) is 8.26. The van der Waals surface area contributed by atoms with Crippen LogP contribution in [0.3, 0.4) is 0 Å². The van der Waals surface area contributed by atoms with Gasteiger partial charge in [0.05, 0.1) is 28.0 Å². The highest BCUT2D eigenvalue weighted by molar-refractivity contribution is 5.64. The molecule has 3 aromatic rings. The van der Waals surface area contributed by atoms with Gasteiger partial charge in [0.1, 0.15) is 17.7 Å². The lowest BCUT2D eigenvalue weighted by Gasteiger charge is -2.23. The van der Waals surface area contributed by atoms with Crippen LogP contribution in [0.1, 0.15) is 83.7 Å². The third-order valence-electron chi connectivity index (χ3n) is 7.09. The van der Waals surface area contributed by atoms with Crippen molar-refractivity contribution >= 4 is 23.3 Å². The van der Waals surface area contributed by atoms with Gasteiger partial charge in [-0.1, -0.05) is 0 Å². The lowest BCUT2D eigenvalue weighted by atomic mass is 10.0. The first-order valence-corrected chi connectivity index (χ1v) is 14.2. The van der Waals surface area contributed by atoms with Crippen molar-refractivity contribution in [1.29, 1.82) is 0 Å². The Hall–Kier alpha value is -4.03. The van der Waals surface area contributed by atoms with Gasteiger partial charge < -0.3 is 25.3 Å². The van der Waals surface area contributed by atoms with E-state index in [4.69, 9.17) is 25.0 Å². The van der Waals surface area contributed by atoms with Crippen LogP contribution in [0.4, 0.5) is 22.0 Å². The van der Waals surface area contributed by atoms with Gasteiger partial charge >= 0.3 is 6.16 Å². The Morgan fingerprint density at radius 3 is 2.60 bits per heavy atom. The van der Waals surface area contributed by atoms with E-state index >= 15 is 0 Å². The highest BCUT2D eigenvalue weighted by Crippen LogP contribution is 2.38. The van der Waals surface area contributed by atoms with Gasteiger partial charge in [-0.15, -0.1) is 0 Å². The number of non-ortho nitro benzene ring substituents is 1. The van der Waals surface area contributed by atoms with Crippen LogP contribution in [0, 0.1) is 10.1 Å². The number of pyridine rings is 1. The SMILES string of the molecule is C[C@H](N)CCO[C@H](C)c1cc(Nc2cc([C@H]3CC[C@@H](OC(=O)Oc4ccc([N+](=O)[O-])cc4)C3)nn2C(C)(C)C)ccn1. The zero-order chi connectivity index (χ0) is 30.4. The summed E-state index contributed by atoms with van der Waals surface area (Å²) in [7, 11) is 0. The summed E-state index contributed by atoms with van der Waals surface area (Å²) in [4.78, 5) is 27.2. The largest absolute Gasteiger partial charge is 0.514 e. The average molecular weight is 581 g/mol. The Bertz CT molecular complexity index is 1370. The number of nitrogens with two attached hydrogens (primary N) is 1. The third-order valence-corrected chi connectivity index (χ3v) is 7.09. The van der Waals surface area contributed by atoms with Gasteiger partial charge in [0, 0.05) is 48.6 Å². The Labute approximate surface area is 245 Å². The van der Waals surface area contributed by atoms with E-state index in [2.05, 4.69) is 37.1 Å². The van der Waals surface area contributed by atoms with Gasteiger partial charge in [-0.25, -0.2) is 9.48 Å². The molecule has 4 rings (SSSR count).